The molecule has 0 saturated carbocycles. The fraction of sp³-hybridized carbons (Fsp3) is 0.440. The molecule has 12 heteroatoms. The van der Waals surface area contributed by atoms with Crippen molar-refractivity contribution >= 4 is 39.1 Å². The summed E-state index contributed by atoms with van der Waals surface area (Å²) in [4.78, 5) is 27.5. The number of rotatable bonds is 11. The Hall–Kier alpha value is -2.79. The molecule has 2 rings (SSSR count). The minimum Gasteiger partial charge on any atom is -0.354 e. The van der Waals surface area contributed by atoms with Crippen molar-refractivity contribution in [2.24, 2.45) is 0 Å². The molecule has 0 spiro atoms. The molecule has 2 aromatic rings. The molecule has 0 aliphatic rings. The highest BCUT2D eigenvalue weighted by Gasteiger charge is 2.34. The summed E-state index contributed by atoms with van der Waals surface area (Å²) < 4.78 is 65.7. The number of nitrogens with one attached hydrogen (secondary N) is 1. The number of unbranched alkanes of at least 4 members (excludes halogenated alkanes) is 1. The van der Waals surface area contributed by atoms with Gasteiger partial charge in [-0.05, 0) is 44.0 Å². The van der Waals surface area contributed by atoms with Gasteiger partial charge in [0, 0.05) is 13.1 Å². The molecule has 1 atom stereocenters. The number of nitrogens with zero attached hydrogens (tertiary/aromatic N) is 2. The largest absolute Gasteiger partial charge is 0.416 e. The smallest absolute Gasteiger partial charge is 0.354 e. The quantitative estimate of drug-likeness (QED) is 0.401. The summed E-state index contributed by atoms with van der Waals surface area (Å²) in [6.45, 7) is 4.89. The van der Waals surface area contributed by atoms with E-state index in [9.17, 15) is 31.2 Å². The van der Waals surface area contributed by atoms with Crippen LogP contribution < -0.4 is 9.62 Å². The lowest BCUT2D eigenvalue weighted by Gasteiger charge is -2.32. The molecule has 37 heavy (non-hydrogen) atoms. The highest BCUT2D eigenvalue weighted by atomic mass is 35.5. The van der Waals surface area contributed by atoms with Crippen LogP contribution in [0.5, 0.6) is 0 Å². The topological polar surface area (TPSA) is 86.8 Å². The number of carbonyl (C=O) groups is 2. The highest BCUT2D eigenvalue weighted by Crippen LogP contribution is 2.36. The summed E-state index contributed by atoms with van der Waals surface area (Å²) in [6.07, 6.45) is -2.40. The van der Waals surface area contributed by atoms with E-state index in [0.29, 0.717) is 22.5 Å². The second-order valence-corrected chi connectivity index (χ2v) is 11.1. The number of hydrogen-bond acceptors (Lipinski definition) is 4. The molecule has 0 heterocycles. The number of amides is 2. The molecule has 0 aromatic heterocycles. The van der Waals surface area contributed by atoms with Crippen molar-refractivity contribution in [3.8, 4) is 0 Å². The first-order chi connectivity index (χ1) is 17.1. The number of hydrogen-bond donors (Lipinski definition) is 1. The zero-order valence-corrected chi connectivity index (χ0v) is 22.7. The average molecular weight is 562 g/mol. The Kier molecular flexibility index (Phi) is 10.4. The maximum absolute atomic E-state index is 13.5. The summed E-state index contributed by atoms with van der Waals surface area (Å²) in [5.74, 6) is -1.21. The molecule has 2 aromatic carbocycles. The van der Waals surface area contributed by atoms with Gasteiger partial charge in [0.1, 0.15) is 12.6 Å². The van der Waals surface area contributed by atoms with Crippen molar-refractivity contribution in [2.45, 2.75) is 52.4 Å². The zero-order valence-electron chi connectivity index (χ0n) is 21.1. The molecule has 1 unspecified atom stereocenters. The van der Waals surface area contributed by atoms with Crippen LogP contribution in [-0.4, -0.2) is 50.5 Å². The van der Waals surface area contributed by atoms with Gasteiger partial charge in [-0.1, -0.05) is 54.8 Å². The van der Waals surface area contributed by atoms with Gasteiger partial charge in [-0.25, -0.2) is 8.42 Å². The summed E-state index contributed by atoms with van der Waals surface area (Å²) >= 11 is 6.08. The van der Waals surface area contributed by atoms with E-state index in [1.807, 2.05) is 26.0 Å². The molecule has 0 aliphatic heterocycles. The number of sulfonamides is 1. The molecule has 0 aliphatic carbocycles. The minimum atomic E-state index is -4.75. The third-order valence-corrected chi connectivity index (χ3v) is 7.14. The van der Waals surface area contributed by atoms with Crippen LogP contribution in [0.15, 0.2) is 42.5 Å². The van der Waals surface area contributed by atoms with Gasteiger partial charge in [-0.3, -0.25) is 13.9 Å². The molecular formula is C25H31ClF3N3O4S. The van der Waals surface area contributed by atoms with Crippen molar-refractivity contribution in [2.75, 3.05) is 23.7 Å². The summed E-state index contributed by atoms with van der Waals surface area (Å²) in [5.41, 5.74) is 0.0699. The number of aryl methyl sites for hydroxylation is 1. The molecule has 0 saturated heterocycles. The van der Waals surface area contributed by atoms with E-state index in [1.165, 1.54) is 11.8 Å². The summed E-state index contributed by atoms with van der Waals surface area (Å²) in [6, 6.07) is 8.46. The summed E-state index contributed by atoms with van der Waals surface area (Å²) in [5, 5.41) is 2.48. The van der Waals surface area contributed by atoms with E-state index in [-0.39, 0.29) is 11.6 Å². The average Bonchev–Trinajstić information content (AvgIpc) is 2.80. The Labute approximate surface area is 220 Å². The number of benzene rings is 2. The normalized spacial score (nSPS) is 12.6. The van der Waals surface area contributed by atoms with Crippen molar-refractivity contribution < 1.29 is 31.2 Å². The zero-order chi connectivity index (χ0) is 28.0. The minimum absolute atomic E-state index is 0.0184. The van der Waals surface area contributed by atoms with Crippen LogP contribution in [-0.2, 0) is 32.3 Å². The number of alkyl halides is 3. The molecule has 1 N–H and O–H groups in total. The third-order valence-electron chi connectivity index (χ3n) is 5.69. The Bertz CT molecular complexity index is 1200. The number of anilines is 1. The summed E-state index contributed by atoms with van der Waals surface area (Å²) in [7, 11) is -4.24. The fourth-order valence-corrected chi connectivity index (χ4v) is 4.61. The maximum atomic E-state index is 13.5. The van der Waals surface area contributed by atoms with Gasteiger partial charge >= 0.3 is 6.18 Å². The highest BCUT2D eigenvalue weighted by molar-refractivity contribution is 7.92. The molecular weight excluding hydrogens is 531 g/mol. The first-order valence-corrected chi connectivity index (χ1v) is 13.8. The second-order valence-electron chi connectivity index (χ2n) is 8.76. The molecule has 0 bridgehead atoms. The van der Waals surface area contributed by atoms with Gasteiger partial charge in [0.05, 0.1) is 22.5 Å². The Morgan fingerprint density at radius 2 is 1.73 bits per heavy atom. The monoisotopic (exact) mass is 561 g/mol. The van der Waals surface area contributed by atoms with Crippen molar-refractivity contribution in [3.05, 3.63) is 64.2 Å². The van der Waals surface area contributed by atoms with E-state index >= 15 is 0 Å². The standard InChI is InChI=1S/C25H31ClF3N3O4S/c1-5-6-13-30-24(34)18(3)31(15-19-9-7-17(2)8-10-19)23(33)16-32(37(4,35)36)22-14-20(25(27,28)29)11-12-21(22)26/h7-12,14,18H,5-6,13,15-16H2,1-4H3,(H,30,34). The van der Waals surface area contributed by atoms with E-state index in [1.54, 1.807) is 12.1 Å². The molecule has 0 fully saturated rings. The molecule has 204 valence electrons. The van der Waals surface area contributed by atoms with Gasteiger partial charge in [0.15, 0.2) is 0 Å². The second kappa shape index (κ2) is 12.6. The van der Waals surface area contributed by atoms with Crippen LogP contribution in [0.2, 0.25) is 5.02 Å². The van der Waals surface area contributed by atoms with Crippen LogP contribution >= 0.6 is 11.6 Å². The lowest BCUT2D eigenvalue weighted by atomic mass is 10.1. The fourth-order valence-electron chi connectivity index (χ4n) is 3.48. The van der Waals surface area contributed by atoms with Crippen LogP contribution in [0, 0.1) is 6.92 Å². The van der Waals surface area contributed by atoms with Crippen LogP contribution in [0.25, 0.3) is 0 Å². The van der Waals surface area contributed by atoms with Crippen LogP contribution in [0.1, 0.15) is 43.4 Å². The van der Waals surface area contributed by atoms with E-state index in [0.717, 1.165) is 36.8 Å². The van der Waals surface area contributed by atoms with Crippen LogP contribution in [0.3, 0.4) is 0 Å². The van der Waals surface area contributed by atoms with Crippen LogP contribution in [0.4, 0.5) is 18.9 Å². The number of carbonyl (C=O) groups excluding carboxylic acids is 2. The van der Waals surface area contributed by atoms with E-state index < -0.39 is 51.9 Å². The first kappa shape index (κ1) is 30.4. The van der Waals surface area contributed by atoms with Crippen molar-refractivity contribution in [1.29, 1.82) is 0 Å². The molecule has 0 radical (unpaired) electrons. The molecule has 7 nitrogen and oxygen atoms in total. The lowest BCUT2D eigenvalue weighted by Crippen LogP contribution is -2.51. The first-order valence-electron chi connectivity index (χ1n) is 11.6. The molecule has 2 amide bonds. The van der Waals surface area contributed by atoms with Crippen molar-refractivity contribution in [3.63, 3.8) is 0 Å². The van der Waals surface area contributed by atoms with Gasteiger partial charge in [-0.2, -0.15) is 13.2 Å². The van der Waals surface area contributed by atoms with Gasteiger partial charge in [-0.15, -0.1) is 0 Å². The Balaban J connectivity index is 2.45. The predicted octanol–water partition coefficient (Wildman–Crippen LogP) is 4.77. The Morgan fingerprint density at radius 3 is 2.27 bits per heavy atom. The number of halogens is 4. The van der Waals surface area contributed by atoms with Gasteiger partial charge in [0.2, 0.25) is 21.8 Å². The van der Waals surface area contributed by atoms with E-state index in [4.69, 9.17) is 11.6 Å². The predicted molar refractivity (Wildman–Crippen MR) is 138 cm³/mol. The van der Waals surface area contributed by atoms with Gasteiger partial charge in [0.25, 0.3) is 0 Å². The van der Waals surface area contributed by atoms with Gasteiger partial charge < -0.3 is 10.2 Å². The Morgan fingerprint density at radius 1 is 1.11 bits per heavy atom. The third kappa shape index (κ3) is 8.63. The van der Waals surface area contributed by atoms with Crippen molar-refractivity contribution in [1.82, 2.24) is 10.2 Å². The van der Waals surface area contributed by atoms with E-state index in [2.05, 4.69) is 5.32 Å². The SMILES string of the molecule is CCCCNC(=O)C(C)N(Cc1ccc(C)cc1)C(=O)CN(c1cc(C(F)(F)F)ccc1Cl)S(C)(=O)=O. The lowest BCUT2D eigenvalue weighted by molar-refractivity contribution is -0.139. The maximum Gasteiger partial charge on any atom is 0.416 e.